The number of nitrogens with zero attached hydrogens (tertiary/aromatic N) is 3. The molecule has 2 heterocycles. The van der Waals surface area contributed by atoms with Crippen LogP contribution in [0.25, 0.3) is 5.69 Å². The van der Waals surface area contributed by atoms with E-state index in [1.54, 1.807) is 25.3 Å². The van der Waals surface area contributed by atoms with Gasteiger partial charge >= 0.3 is 0 Å². The van der Waals surface area contributed by atoms with Gasteiger partial charge in [0.05, 0.1) is 12.9 Å². The molecule has 0 unspecified atom stereocenters. The lowest BCUT2D eigenvalue weighted by molar-refractivity contribution is -0.113. The molecule has 1 aromatic heterocycles. The minimum absolute atomic E-state index is 0.153. The number of thioether (sulfide) groups is 1. The zero-order chi connectivity index (χ0) is 21.3. The second-order valence-corrected chi connectivity index (χ2v) is 8.11. The van der Waals surface area contributed by atoms with Gasteiger partial charge in [-0.15, -0.1) is 10.2 Å². The number of anilines is 1. The normalized spacial score (nSPS) is 13.9. The number of fused-ring (bicyclic) bond motifs is 1. The smallest absolute Gasteiger partial charge is 0.246 e. The van der Waals surface area contributed by atoms with Gasteiger partial charge in [0.25, 0.3) is 0 Å². The summed E-state index contributed by atoms with van der Waals surface area (Å²) < 4.78 is 18.5. The molecule has 0 saturated carbocycles. The van der Waals surface area contributed by atoms with Gasteiger partial charge in [0.2, 0.25) is 11.7 Å². The lowest BCUT2D eigenvalue weighted by Crippen LogP contribution is -2.29. The summed E-state index contributed by atoms with van der Waals surface area (Å²) in [7, 11) is 1.62. The van der Waals surface area contributed by atoms with E-state index in [0.29, 0.717) is 22.3 Å². The van der Waals surface area contributed by atoms with Gasteiger partial charge in [-0.3, -0.25) is 9.36 Å². The van der Waals surface area contributed by atoms with E-state index in [4.69, 9.17) is 14.2 Å². The van der Waals surface area contributed by atoms with Gasteiger partial charge < -0.3 is 19.5 Å². The molecule has 2 aromatic carbocycles. The Bertz CT molecular complexity index is 1080. The number of carbonyl (C=O) groups is 1. The topological polar surface area (TPSA) is 87.5 Å². The first-order valence-corrected chi connectivity index (χ1v) is 10.3. The first-order valence-electron chi connectivity index (χ1n) is 9.36. The molecule has 0 fully saturated rings. The van der Waals surface area contributed by atoms with Gasteiger partial charge in [0.15, 0.2) is 16.7 Å². The summed E-state index contributed by atoms with van der Waals surface area (Å²) in [6.07, 6.45) is 0. The third-order valence-corrected chi connectivity index (χ3v) is 5.33. The molecule has 0 bridgehead atoms. The van der Waals surface area contributed by atoms with Crippen LogP contribution in [-0.2, 0) is 4.79 Å². The molecular formula is C21H22N4O4S. The van der Waals surface area contributed by atoms with E-state index < -0.39 is 5.79 Å². The summed E-state index contributed by atoms with van der Waals surface area (Å²) in [5.41, 5.74) is 1.55. The Morgan fingerprint density at radius 3 is 2.60 bits per heavy atom. The van der Waals surface area contributed by atoms with Crippen molar-refractivity contribution in [2.45, 2.75) is 31.7 Å². The second-order valence-electron chi connectivity index (χ2n) is 7.17. The maximum Gasteiger partial charge on any atom is 0.246 e. The van der Waals surface area contributed by atoms with Crippen LogP contribution >= 0.6 is 11.8 Å². The maximum absolute atomic E-state index is 12.5. The molecule has 0 spiro atoms. The fourth-order valence-corrected chi connectivity index (χ4v) is 3.89. The summed E-state index contributed by atoms with van der Waals surface area (Å²) in [6, 6.07) is 12.9. The number of aromatic nitrogens is 3. The first-order chi connectivity index (χ1) is 14.3. The van der Waals surface area contributed by atoms with Gasteiger partial charge in [0.1, 0.15) is 11.6 Å². The highest BCUT2D eigenvalue weighted by molar-refractivity contribution is 7.99. The summed E-state index contributed by atoms with van der Waals surface area (Å²) in [4.78, 5) is 12.5. The van der Waals surface area contributed by atoms with Crippen molar-refractivity contribution >= 4 is 23.4 Å². The number of carbonyl (C=O) groups excluding carboxylic acids is 1. The molecule has 0 atom stereocenters. The van der Waals surface area contributed by atoms with E-state index in [2.05, 4.69) is 15.5 Å². The molecule has 4 rings (SSSR count). The van der Waals surface area contributed by atoms with Crippen LogP contribution in [0.5, 0.6) is 17.2 Å². The van der Waals surface area contributed by atoms with Crippen molar-refractivity contribution in [3.05, 3.63) is 48.3 Å². The molecule has 1 aliphatic heterocycles. The van der Waals surface area contributed by atoms with Crippen molar-refractivity contribution < 1.29 is 19.0 Å². The number of hydrogen-bond donors (Lipinski definition) is 1. The predicted molar refractivity (Wildman–Crippen MR) is 114 cm³/mol. The van der Waals surface area contributed by atoms with Crippen LogP contribution in [0.3, 0.4) is 0 Å². The third-order valence-electron chi connectivity index (χ3n) is 4.40. The van der Waals surface area contributed by atoms with Crippen molar-refractivity contribution in [1.29, 1.82) is 0 Å². The van der Waals surface area contributed by atoms with Crippen LogP contribution in [0.2, 0.25) is 0 Å². The zero-order valence-corrected chi connectivity index (χ0v) is 17.9. The molecule has 0 radical (unpaired) electrons. The molecule has 1 aliphatic rings. The van der Waals surface area contributed by atoms with E-state index in [-0.39, 0.29) is 11.7 Å². The Morgan fingerprint density at radius 2 is 1.87 bits per heavy atom. The summed E-state index contributed by atoms with van der Waals surface area (Å²) in [5.74, 6) is 2.11. The van der Waals surface area contributed by atoms with Crippen LogP contribution in [0.4, 0.5) is 5.69 Å². The maximum atomic E-state index is 12.5. The molecule has 8 nitrogen and oxygen atoms in total. The molecule has 1 amide bonds. The van der Waals surface area contributed by atoms with Gasteiger partial charge in [0, 0.05) is 31.3 Å². The quantitative estimate of drug-likeness (QED) is 0.600. The second kappa shape index (κ2) is 7.91. The standard InChI is InChI=1S/C21H22N4O4S/c1-13-23-24-20(25(13)15-6-8-16(27-4)9-7-15)30-12-19(26)22-14-5-10-17-18(11-14)29-21(2,3)28-17/h5-11H,12H2,1-4H3,(H,22,26). The number of hydrogen-bond acceptors (Lipinski definition) is 7. The summed E-state index contributed by atoms with van der Waals surface area (Å²) in [6.45, 7) is 5.54. The van der Waals surface area contributed by atoms with E-state index >= 15 is 0 Å². The fourth-order valence-electron chi connectivity index (χ4n) is 3.09. The van der Waals surface area contributed by atoms with Gasteiger partial charge in [-0.1, -0.05) is 11.8 Å². The number of amides is 1. The molecule has 0 saturated heterocycles. The molecule has 156 valence electrons. The lowest BCUT2D eigenvalue weighted by atomic mass is 10.3. The highest BCUT2D eigenvalue weighted by Gasteiger charge is 2.31. The number of rotatable bonds is 6. The van der Waals surface area contributed by atoms with E-state index in [1.807, 2.05) is 49.6 Å². The number of ether oxygens (including phenoxy) is 3. The van der Waals surface area contributed by atoms with Crippen LogP contribution < -0.4 is 19.5 Å². The van der Waals surface area contributed by atoms with E-state index in [1.165, 1.54) is 11.8 Å². The van der Waals surface area contributed by atoms with Gasteiger partial charge in [-0.05, 0) is 43.3 Å². The minimum Gasteiger partial charge on any atom is -0.497 e. The van der Waals surface area contributed by atoms with Crippen LogP contribution in [0.15, 0.2) is 47.6 Å². The first kappa shape index (κ1) is 20.1. The highest BCUT2D eigenvalue weighted by Crippen LogP contribution is 2.40. The van der Waals surface area contributed by atoms with E-state index in [0.717, 1.165) is 17.3 Å². The van der Waals surface area contributed by atoms with Crippen LogP contribution in [0, 0.1) is 6.92 Å². The number of aryl methyl sites for hydroxylation is 1. The minimum atomic E-state index is -0.704. The predicted octanol–water partition coefficient (Wildman–Crippen LogP) is 3.82. The lowest BCUT2D eigenvalue weighted by Gasteiger charge is -2.16. The van der Waals surface area contributed by atoms with Crippen molar-refractivity contribution in [2.24, 2.45) is 0 Å². The Labute approximate surface area is 178 Å². The third kappa shape index (κ3) is 4.20. The fraction of sp³-hybridized carbons (Fsp3) is 0.286. The van der Waals surface area contributed by atoms with Crippen LogP contribution in [0.1, 0.15) is 19.7 Å². The number of nitrogens with one attached hydrogen (secondary N) is 1. The number of benzene rings is 2. The molecular weight excluding hydrogens is 404 g/mol. The average molecular weight is 426 g/mol. The van der Waals surface area contributed by atoms with E-state index in [9.17, 15) is 4.79 Å². The summed E-state index contributed by atoms with van der Waals surface area (Å²) in [5, 5.41) is 11.9. The Balaban J connectivity index is 1.41. The Hall–Kier alpha value is -3.20. The van der Waals surface area contributed by atoms with Crippen molar-refractivity contribution in [3.63, 3.8) is 0 Å². The van der Waals surface area contributed by atoms with Gasteiger partial charge in [-0.25, -0.2) is 0 Å². The van der Waals surface area contributed by atoms with Crippen molar-refractivity contribution in [3.8, 4) is 22.9 Å². The van der Waals surface area contributed by atoms with Crippen molar-refractivity contribution in [1.82, 2.24) is 14.8 Å². The Kier molecular flexibility index (Phi) is 5.29. The average Bonchev–Trinajstić information content (AvgIpc) is 3.23. The molecule has 0 aliphatic carbocycles. The Morgan fingerprint density at radius 1 is 1.13 bits per heavy atom. The zero-order valence-electron chi connectivity index (χ0n) is 17.1. The molecule has 1 N–H and O–H groups in total. The van der Waals surface area contributed by atoms with Crippen LogP contribution in [-0.4, -0.2) is 39.3 Å². The molecule has 30 heavy (non-hydrogen) atoms. The molecule has 3 aromatic rings. The van der Waals surface area contributed by atoms with Crippen molar-refractivity contribution in [2.75, 3.05) is 18.2 Å². The molecule has 9 heteroatoms. The largest absolute Gasteiger partial charge is 0.497 e. The summed E-state index contributed by atoms with van der Waals surface area (Å²) >= 11 is 1.32. The highest BCUT2D eigenvalue weighted by atomic mass is 32.2. The monoisotopic (exact) mass is 426 g/mol. The van der Waals surface area contributed by atoms with Gasteiger partial charge in [-0.2, -0.15) is 0 Å². The SMILES string of the molecule is COc1ccc(-n2c(C)nnc2SCC(=O)Nc2ccc3c(c2)OC(C)(C)O3)cc1. The number of methoxy groups -OCH3 is 1.